The monoisotopic (exact) mass is 560 g/mol. The Balaban J connectivity index is 1.27. The van der Waals surface area contributed by atoms with Crippen LogP contribution in [0.5, 0.6) is 11.5 Å². The lowest BCUT2D eigenvalue weighted by Gasteiger charge is -2.14. The van der Waals surface area contributed by atoms with E-state index in [1.165, 1.54) is 18.1 Å². The Kier molecular flexibility index (Phi) is 8.42. The minimum atomic E-state index is -2.96. The van der Waals surface area contributed by atoms with Crippen molar-refractivity contribution >= 4 is 43.1 Å². The number of benzene rings is 3. The van der Waals surface area contributed by atoms with Gasteiger partial charge in [-0.25, -0.2) is 18.4 Å². The highest BCUT2D eigenvalue weighted by Gasteiger charge is 2.13. The number of rotatable bonds is 13. The molecule has 40 heavy (non-hydrogen) atoms. The number of nitrogens with zero attached hydrogens (tertiary/aromatic N) is 4. The summed E-state index contributed by atoms with van der Waals surface area (Å²) in [5, 5.41) is 12.9. The first-order valence-corrected chi connectivity index (χ1v) is 15.1. The molecule has 0 spiro atoms. The van der Waals surface area contributed by atoms with Gasteiger partial charge in [-0.1, -0.05) is 30.3 Å². The zero-order valence-electron chi connectivity index (χ0n) is 22.5. The van der Waals surface area contributed by atoms with Gasteiger partial charge in [0.15, 0.2) is 11.5 Å². The largest absolute Gasteiger partial charge is 0.493 e. The highest BCUT2D eigenvalue weighted by atomic mass is 32.2. The smallest absolute Gasteiger partial charge is 0.163 e. The first-order valence-electron chi connectivity index (χ1n) is 13.0. The molecule has 0 aliphatic rings. The maximum Gasteiger partial charge on any atom is 0.163 e. The maximum absolute atomic E-state index is 11.2. The molecule has 0 unspecified atom stereocenters. The lowest BCUT2D eigenvalue weighted by Crippen LogP contribution is -2.24. The average molecular weight is 561 g/mol. The van der Waals surface area contributed by atoms with Gasteiger partial charge >= 0.3 is 0 Å². The van der Waals surface area contributed by atoms with Crippen molar-refractivity contribution in [3.8, 4) is 11.5 Å². The van der Waals surface area contributed by atoms with Crippen LogP contribution in [0.25, 0.3) is 21.8 Å². The number of ether oxygens (including phenoxy) is 2. The predicted octanol–water partition coefficient (Wildman–Crippen LogP) is 4.18. The van der Waals surface area contributed by atoms with Crippen molar-refractivity contribution in [2.24, 2.45) is 0 Å². The number of aromatic nitrogens is 4. The molecule has 5 aromatic rings. The van der Waals surface area contributed by atoms with E-state index in [0.29, 0.717) is 50.0 Å². The Morgan fingerprint density at radius 2 is 1.82 bits per heavy atom. The second-order valence-electron chi connectivity index (χ2n) is 9.51. The number of anilines is 2. The van der Waals surface area contributed by atoms with Crippen LogP contribution in [0.2, 0.25) is 0 Å². The Bertz CT molecular complexity index is 1710. The topological polar surface area (TPSA) is 120 Å². The zero-order valence-corrected chi connectivity index (χ0v) is 23.3. The molecule has 5 rings (SSSR count). The maximum atomic E-state index is 11.2. The van der Waals surface area contributed by atoms with Crippen LogP contribution >= 0.6 is 0 Å². The van der Waals surface area contributed by atoms with E-state index in [4.69, 9.17) is 9.47 Å². The molecule has 11 heteroatoms. The number of hydrogen-bond donors (Lipinski definition) is 2. The van der Waals surface area contributed by atoms with Crippen LogP contribution < -0.4 is 20.1 Å². The Hall–Kier alpha value is -4.22. The van der Waals surface area contributed by atoms with Crippen LogP contribution in [0.15, 0.2) is 73.2 Å². The summed E-state index contributed by atoms with van der Waals surface area (Å²) in [5.74, 6) is 1.94. The summed E-state index contributed by atoms with van der Waals surface area (Å²) in [4.78, 5) is 8.91. The predicted molar refractivity (Wildman–Crippen MR) is 157 cm³/mol. The molecule has 2 heterocycles. The van der Waals surface area contributed by atoms with E-state index in [-0.39, 0.29) is 5.75 Å². The molecule has 0 saturated heterocycles. The fourth-order valence-corrected chi connectivity index (χ4v) is 4.90. The van der Waals surface area contributed by atoms with Crippen LogP contribution in [0.4, 0.5) is 11.5 Å². The van der Waals surface area contributed by atoms with Crippen LogP contribution in [0, 0.1) is 0 Å². The lowest BCUT2D eigenvalue weighted by molar-refractivity contribution is 0.288. The molecule has 10 nitrogen and oxygen atoms in total. The molecule has 0 bridgehead atoms. The summed E-state index contributed by atoms with van der Waals surface area (Å²) in [6.07, 6.45) is 5.33. The zero-order chi connectivity index (χ0) is 28.0. The van der Waals surface area contributed by atoms with Gasteiger partial charge in [0, 0.05) is 35.3 Å². The molecular weight excluding hydrogens is 528 g/mol. The molecule has 2 aromatic heterocycles. The SMILES string of the molecule is COc1cc2c(Nc3ccc4c(cnn4Cc4ccccc4)c3)ncnc2cc1OCCCNCCS(C)(=O)=O. The first kappa shape index (κ1) is 27.4. The molecule has 0 fully saturated rings. The van der Waals surface area contributed by atoms with Gasteiger partial charge in [-0.3, -0.25) is 4.68 Å². The summed E-state index contributed by atoms with van der Waals surface area (Å²) in [6.45, 7) is 2.23. The molecule has 2 N–H and O–H groups in total. The van der Waals surface area contributed by atoms with Crippen molar-refractivity contribution in [2.45, 2.75) is 13.0 Å². The number of fused-ring (bicyclic) bond motifs is 2. The van der Waals surface area contributed by atoms with Crippen LogP contribution in [0.1, 0.15) is 12.0 Å². The average Bonchev–Trinajstić information content (AvgIpc) is 3.34. The molecule has 0 aliphatic carbocycles. The van der Waals surface area contributed by atoms with E-state index >= 15 is 0 Å². The molecule has 208 valence electrons. The van der Waals surface area contributed by atoms with Gasteiger partial charge in [0.25, 0.3) is 0 Å². The number of methoxy groups -OCH3 is 1. The normalized spacial score (nSPS) is 11.7. The molecule has 0 radical (unpaired) electrons. The van der Waals surface area contributed by atoms with Crippen molar-refractivity contribution in [2.75, 3.05) is 44.1 Å². The Morgan fingerprint density at radius 3 is 2.62 bits per heavy atom. The second kappa shape index (κ2) is 12.3. The van der Waals surface area contributed by atoms with Gasteiger partial charge < -0.3 is 20.1 Å². The number of sulfone groups is 1. The van der Waals surface area contributed by atoms with E-state index in [2.05, 4.69) is 50.0 Å². The van der Waals surface area contributed by atoms with Gasteiger partial charge in [-0.15, -0.1) is 0 Å². The van der Waals surface area contributed by atoms with Crippen LogP contribution in [-0.2, 0) is 16.4 Å². The molecule has 0 aliphatic heterocycles. The summed E-state index contributed by atoms with van der Waals surface area (Å²) >= 11 is 0. The first-order chi connectivity index (χ1) is 19.4. The third-order valence-corrected chi connectivity index (χ3v) is 7.35. The summed E-state index contributed by atoms with van der Waals surface area (Å²) in [5.41, 5.74) is 3.85. The number of hydrogen-bond acceptors (Lipinski definition) is 9. The standard InChI is InChI=1S/C29H32N6O4S/c1-38-27-16-24-25(17-28(27)39-13-6-11-30-12-14-40(2,36)37)31-20-32-29(24)34-23-9-10-26-22(15-23)18-33-35(26)19-21-7-4-3-5-8-21/h3-5,7-10,15-18,20,30H,6,11-14,19H2,1-2H3,(H,31,32,34). The Labute approximate surface area is 233 Å². The molecular formula is C29H32N6O4S. The van der Waals surface area contributed by atoms with Crippen LogP contribution in [-0.4, -0.2) is 67.0 Å². The fraction of sp³-hybridized carbons (Fsp3) is 0.276. The summed E-state index contributed by atoms with van der Waals surface area (Å²) in [6, 6.07) is 20.1. The van der Waals surface area contributed by atoms with Crippen molar-refractivity contribution in [1.82, 2.24) is 25.1 Å². The van der Waals surface area contributed by atoms with E-state index in [1.807, 2.05) is 47.3 Å². The van der Waals surface area contributed by atoms with E-state index in [0.717, 1.165) is 27.5 Å². The molecule has 0 amide bonds. The molecule has 3 aromatic carbocycles. The fourth-order valence-electron chi connectivity index (χ4n) is 4.38. The van der Waals surface area contributed by atoms with Crippen molar-refractivity contribution in [3.05, 3.63) is 78.8 Å². The van der Waals surface area contributed by atoms with Crippen molar-refractivity contribution < 1.29 is 17.9 Å². The van der Waals surface area contributed by atoms with Gasteiger partial charge in [-0.05, 0) is 42.8 Å². The minimum Gasteiger partial charge on any atom is -0.493 e. The summed E-state index contributed by atoms with van der Waals surface area (Å²) in [7, 11) is -1.37. The van der Waals surface area contributed by atoms with Gasteiger partial charge in [-0.2, -0.15) is 5.10 Å². The van der Waals surface area contributed by atoms with E-state index in [1.54, 1.807) is 7.11 Å². The second-order valence-corrected chi connectivity index (χ2v) is 11.8. The van der Waals surface area contributed by atoms with Crippen molar-refractivity contribution in [3.63, 3.8) is 0 Å². The van der Waals surface area contributed by atoms with Crippen molar-refractivity contribution in [1.29, 1.82) is 0 Å². The minimum absolute atomic E-state index is 0.119. The highest BCUT2D eigenvalue weighted by molar-refractivity contribution is 7.90. The third-order valence-electron chi connectivity index (χ3n) is 6.41. The molecule has 0 saturated carbocycles. The number of nitrogens with one attached hydrogen (secondary N) is 2. The lowest BCUT2D eigenvalue weighted by atomic mass is 10.2. The summed E-state index contributed by atoms with van der Waals surface area (Å²) < 4.78 is 36.0. The third kappa shape index (κ3) is 6.85. The van der Waals surface area contributed by atoms with Gasteiger partial charge in [0.05, 0.1) is 43.2 Å². The Morgan fingerprint density at radius 1 is 0.975 bits per heavy atom. The quantitative estimate of drug-likeness (QED) is 0.204. The van der Waals surface area contributed by atoms with E-state index in [9.17, 15) is 8.42 Å². The van der Waals surface area contributed by atoms with E-state index < -0.39 is 9.84 Å². The van der Waals surface area contributed by atoms with Gasteiger partial charge in [0.1, 0.15) is 22.0 Å². The van der Waals surface area contributed by atoms with Crippen LogP contribution in [0.3, 0.4) is 0 Å². The van der Waals surface area contributed by atoms with Gasteiger partial charge in [0.2, 0.25) is 0 Å². The molecule has 0 atom stereocenters. The highest BCUT2D eigenvalue weighted by Crippen LogP contribution is 2.35.